The number of amides is 2. The van der Waals surface area contributed by atoms with Crippen molar-refractivity contribution >= 4 is 23.2 Å². The first-order chi connectivity index (χ1) is 14.5. The van der Waals surface area contributed by atoms with Crippen LogP contribution in [-0.2, 0) is 27.2 Å². The minimum absolute atomic E-state index is 0.0985. The van der Waals surface area contributed by atoms with E-state index in [4.69, 9.17) is 4.74 Å². The van der Waals surface area contributed by atoms with Gasteiger partial charge in [-0.15, -0.1) is 0 Å². The van der Waals surface area contributed by atoms with Crippen LogP contribution in [0.3, 0.4) is 0 Å². The number of nitrogens with one attached hydrogen (secondary N) is 3. The average molecular weight is 411 g/mol. The van der Waals surface area contributed by atoms with Gasteiger partial charge in [-0.1, -0.05) is 18.2 Å². The SMILES string of the molecule is COCC[NH+](CC(=O)Nc1ccc2c(c1)CCC2)CC(=O)Nc1cccc(C)c1C. The lowest BCUT2D eigenvalue weighted by Gasteiger charge is -2.19. The van der Waals surface area contributed by atoms with E-state index in [2.05, 4.69) is 22.8 Å². The molecule has 3 N–H and O–H groups in total. The average Bonchev–Trinajstić information content (AvgIpc) is 3.17. The summed E-state index contributed by atoms with van der Waals surface area (Å²) >= 11 is 0. The van der Waals surface area contributed by atoms with E-state index in [1.54, 1.807) is 7.11 Å². The first kappa shape index (κ1) is 22.0. The third-order valence-corrected chi connectivity index (χ3v) is 5.74. The Morgan fingerprint density at radius 3 is 2.50 bits per heavy atom. The number of carbonyl (C=O) groups is 2. The fourth-order valence-electron chi connectivity index (χ4n) is 3.88. The second-order valence-corrected chi connectivity index (χ2v) is 8.03. The normalized spacial score (nSPS) is 13.6. The predicted molar refractivity (Wildman–Crippen MR) is 119 cm³/mol. The molecule has 1 atom stereocenters. The maximum atomic E-state index is 12.6. The molecule has 0 heterocycles. The number of ether oxygens (including phenoxy) is 1. The summed E-state index contributed by atoms with van der Waals surface area (Å²) in [5.74, 6) is -0.210. The second kappa shape index (κ2) is 10.4. The maximum Gasteiger partial charge on any atom is 0.279 e. The summed E-state index contributed by atoms with van der Waals surface area (Å²) in [6.45, 7) is 5.48. The maximum absolute atomic E-state index is 12.6. The van der Waals surface area contributed by atoms with Crippen molar-refractivity contribution in [1.29, 1.82) is 0 Å². The van der Waals surface area contributed by atoms with Crippen LogP contribution in [-0.4, -0.2) is 45.2 Å². The smallest absolute Gasteiger partial charge is 0.279 e. The molecule has 0 spiro atoms. The first-order valence-electron chi connectivity index (χ1n) is 10.6. The van der Waals surface area contributed by atoms with Crippen molar-refractivity contribution < 1.29 is 19.2 Å². The number of hydrogen-bond donors (Lipinski definition) is 3. The van der Waals surface area contributed by atoms with Crippen LogP contribution < -0.4 is 15.5 Å². The van der Waals surface area contributed by atoms with E-state index in [0.29, 0.717) is 13.2 Å². The number of quaternary nitrogens is 1. The van der Waals surface area contributed by atoms with Gasteiger partial charge in [0.1, 0.15) is 6.54 Å². The van der Waals surface area contributed by atoms with Gasteiger partial charge in [0.15, 0.2) is 13.1 Å². The van der Waals surface area contributed by atoms with E-state index in [0.717, 1.165) is 40.2 Å². The number of benzene rings is 2. The van der Waals surface area contributed by atoms with Gasteiger partial charge in [-0.25, -0.2) is 0 Å². The topological polar surface area (TPSA) is 71.9 Å². The van der Waals surface area contributed by atoms with E-state index in [-0.39, 0.29) is 24.9 Å². The Morgan fingerprint density at radius 1 is 1.00 bits per heavy atom. The number of rotatable bonds is 9. The molecule has 0 saturated heterocycles. The molecular weight excluding hydrogens is 378 g/mol. The lowest BCUT2D eigenvalue weighted by Crippen LogP contribution is -3.14. The molecule has 0 fully saturated rings. The van der Waals surface area contributed by atoms with Crippen LogP contribution in [0.1, 0.15) is 28.7 Å². The summed E-state index contributed by atoms with van der Waals surface area (Å²) in [5.41, 5.74) is 6.52. The number of hydrogen-bond acceptors (Lipinski definition) is 3. The largest absolute Gasteiger partial charge is 0.379 e. The molecule has 1 aliphatic rings. The minimum Gasteiger partial charge on any atom is -0.379 e. The Labute approximate surface area is 178 Å². The van der Waals surface area contributed by atoms with Crippen LogP contribution in [0.4, 0.5) is 11.4 Å². The molecular formula is C24H32N3O3+. The summed E-state index contributed by atoms with van der Waals surface area (Å²) in [6.07, 6.45) is 3.37. The van der Waals surface area contributed by atoms with Crippen LogP contribution in [0.25, 0.3) is 0 Å². The molecule has 1 aliphatic carbocycles. The van der Waals surface area contributed by atoms with Crippen LogP contribution in [0, 0.1) is 13.8 Å². The molecule has 1 unspecified atom stereocenters. The van der Waals surface area contributed by atoms with Gasteiger partial charge in [0.2, 0.25) is 0 Å². The number of aryl methyl sites for hydroxylation is 3. The molecule has 6 heteroatoms. The molecule has 6 nitrogen and oxygen atoms in total. The van der Waals surface area contributed by atoms with Gasteiger partial charge in [-0.2, -0.15) is 0 Å². The zero-order valence-corrected chi connectivity index (χ0v) is 18.1. The van der Waals surface area contributed by atoms with Crippen molar-refractivity contribution in [2.24, 2.45) is 0 Å². The zero-order chi connectivity index (χ0) is 21.5. The molecule has 0 aliphatic heterocycles. The summed E-state index contributed by atoms with van der Waals surface area (Å²) in [6, 6.07) is 12.0. The minimum atomic E-state index is -0.111. The molecule has 3 rings (SSSR count). The van der Waals surface area contributed by atoms with Gasteiger partial charge in [0, 0.05) is 18.5 Å². The molecule has 0 bridgehead atoms. The Bertz CT molecular complexity index is 911. The van der Waals surface area contributed by atoms with Crippen molar-refractivity contribution in [2.45, 2.75) is 33.1 Å². The molecule has 0 saturated carbocycles. The van der Waals surface area contributed by atoms with Crippen molar-refractivity contribution in [1.82, 2.24) is 0 Å². The van der Waals surface area contributed by atoms with Gasteiger partial charge >= 0.3 is 0 Å². The highest BCUT2D eigenvalue weighted by atomic mass is 16.5. The molecule has 30 heavy (non-hydrogen) atoms. The summed E-state index contributed by atoms with van der Waals surface area (Å²) in [5, 5.41) is 5.96. The Balaban J connectivity index is 1.58. The van der Waals surface area contributed by atoms with E-state index < -0.39 is 0 Å². The monoisotopic (exact) mass is 410 g/mol. The predicted octanol–water partition coefficient (Wildman–Crippen LogP) is 1.90. The van der Waals surface area contributed by atoms with Gasteiger partial charge in [-0.3, -0.25) is 9.59 Å². The molecule has 160 valence electrons. The lowest BCUT2D eigenvalue weighted by atomic mass is 10.1. The summed E-state index contributed by atoms with van der Waals surface area (Å²) in [4.78, 5) is 26.1. The highest BCUT2D eigenvalue weighted by Crippen LogP contribution is 2.24. The number of methoxy groups -OCH3 is 1. The quantitative estimate of drug-likeness (QED) is 0.591. The molecule has 0 radical (unpaired) electrons. The van der Waals surface area contributed by atoms with Gasteiger partial charge in [-0.05, 0) is 73.6 Å². The van der Waals surface area contributed by atoms with Crippen LogP contribution >= 0.6 is 0 Å². The number of carbonyl (C=O) groups excluding carboxylic acids is 2. The Hall–Kier alpha value is -2.70. The highest BCUT2D eigenvalue weighted by molar-refractivity contribution is 5.93. The summed E-state index contributed by atoms with van der Waals surface area (Å²) in [7, 11) is 1.62. The second-order valence-electron chi connectivity index (χ2n) is 8.03. The van der Waals surface area contributed by atoms with Crippen LogP contribution in [0.15, 0.2) is 36.4 Å². The van der Waals surface area contributed by atoms with Crippen LogP contribution in [0.2, 0.25) is 0 Å². The van der Waals surface area contributed by atoms with Gasteiger partial charge in [0.25, 0.3) is 11.8 Å². The standard InChI is InChI=1S/C24H31N3O3/c1-17-6-4-9-22(18(17)2)26-24(29)16-27(12-13-30-3)15-23(28)25-21-11-10-19-7-5-8-20(19)14-21/h4,6,9-11,14H,5,7-8,12-13,15-16H2,1-3H3,(H,25,28)(H,26,29)/p+1. The number of fused-ring (bicyclic) bond motifs is 1. The van der Waals surface area contributed by atoms with Gasteiger partial charge in [0.05, 0.1) is 6.61 Å². The van der Waals surface area contributed by atoms with E-state index >= 15 is 0 Å². The van der Waals surface area contributed by atoms with E-state index in [1.165, 1.54) is 17.5 Å². The Morgan fingerprint density at radius 2 is 1.73 bits per heavy atom. The molecule has 2 aromatic rings. The van der Waals surface area contributed by atoms with Crippen LogP contribution in [0.5, 0.6) is 0 Å². The fourth-order valence-corrected chi connectivity index (χ4v) is 3.88. The fraction of sp³-hybridized carbons (Fsp3) is 0.417. The van der Waals surface area contributed by atoms with Gasteiger partial charge < -0.3 is 20.3 Å². The third-order valence-electron chi connectivity index (χ3n) is 5.74. The number of anilines is 2. The lowest BCUT2D eigenvalue weighted by molar-refractivity contribution is -0.883. The third kappa shape index (κ3) is 5.90. The highest BCUT2D eigenvalue weighted by Gasteiger charge is 2.19. The molecule has 0 aromatic heterocycles. The molecule has 2 aromatic carbocycles. The van der Waals surface area contributed by atoms with Crippen molar-refractivity contribution in [3.63, 3.8) is 0 Å². The van der Waals surface area contributed by atoms with Crippen molar-refractivity contribution in [3.05, 3.63) is 58.7 Å². The first-order valence-corrected chi connectivity index (χ1v) is 10.6. The van der Waals surface area contributed by atoms with E-state index in [1.807, 2.05) is 38.1 Å². The summed E-state index contributed by atoms with van der Waals surface area (Å²) < 4.78 is 5.17. The van der Waals surface area contributed by atoms with Crippen molar-refractivity contribution in [3.8, 4) is 0 Å². The van der Waals surface area contributed by atoms with Crippen molar-refractivity contribution in [2.75, 3.05) is 44.0 Å². The zero-order valence-electron chi connectivity index (χ0n) is 18.1. The Kier molecular flexibility index (Phi) is 7.60. The molecule has 2 amide bonds. The van der Waals surface area contributed by atoms with E-state index in [9.17, 15) is 9.59 Å².